The van der Waals surface area contributed by atoms with E-state index < -0.39 is 6.04 Å². The van der Waals surface area contributed by atoms with E-state index in [0.717, 1.165) is 5.56 Å². The molecule has 0 radical (unpaired) electrons. The Hall–Kier alpha value is -1.26. The van der Waals surface area contributed by atoms with Gasteiger partial charge in [0.2, 0.25) is 0 Å². The van der Waals surface area contributed by atoms with E-state index in [4.69, 9.17) is 11.5 Å². The van der Waals surface area contributed by atoms with Gasteiger partial charge in [-0.1, -0.05) is 0 Å². The number of hydrogen-bond donors (Lipinski definition) is 4. The molecule has 0 bridgehead atoms. The second kappa shape index (κ2) is 3.64. The fraction of sp³-hybridized carbons (Fsp3) is 0.333. The number of hydrogen-bond acceptors (Lipinski definition) is 4. The maximum Gasteiger partial charge on any atom is 0.124 e. The van der Waals surface area contributed by atoms with Crippen molar-refractivity contribution in [2.75, 3.05) is 6.54 Å². The van der Waals surface area contributed by atoms with Crippen LogP contribution in [0.4, 0.5) is 0 Å². The first kappa shape index (κ1) is 9.83. The Morgan fingerprint density at radius 2 is 1.77 bits per heavy atom. The average Bonchev–Trinajstić information content (AvgIpc) is 2.02. The molecule has 0 aromatic heterocycles. The molecule has 4 nitrogen and oxygen atoms in total. The van der Waals surface area contributed by atoms with Crippen molar-refractivity contribution in [1.29, 1.82) is 0 Å². The lowest BCUT2D eigenvalue weighted by Gasteiger charge is -2.13. The molecular weight excluding hydrogens is 168 g/mol. The van der Waals surface area contributed by atoms with Crippen molar-refractivity contribution < 1.29 is 10.2 Å². The molecule has 0 amide bonds. The predicted octanol–water partition coefficient (Wildman–Crippen LogP) is 0.365. The number of phenolic OH excluding ortho intramolecular Hbond substituents is 2. The average molecular weight is 182 g/mol. The summed E-state index contributed by atoms with van der Waals surface area (Å²) in [5.41, 5.74) is 12.0. The van der Waals surface area contributed by atoms with E-state index in [1.165, 1.54) is 0 Å². The Morgan fingerprint density at radius 1 is 1.31 bits per heavy atom. The molecule has 13 heavy (non-hydrogen) atoms. The smallest absolute Gasteiger partial charge is 0.124 e. The van der Waals surface area contributed by atoms with Crippen LogP contribution in [0.15, 0.2) is 12.1 Å². The third-order valence-electron chi connectivity index (χ3n) is 1.91. The van der Waals surface area contributed by atoms with Crippen molar-refractivity contribution in [2.24, 2.45) is 11.5 Å². The highest BCUT2D eigenvalue weighted by atomic mass is 16.3. The summed E-state index contributed by atoms with van der Waals surface area (Å²) in [7, 11) is 0. The third-order valence-corrected chi connectivity index (χ3v) is 1.91. The van der Waals surface area contributed by atoms with E-state index in [1.807, 2.05) is 0 Å². The molecule has 0 spiro atoms. The Labute approximate surface area is 76.8 Å². The number of aryl methyl sites for hydroxylation is 1. The van der Waals surface area contributed by atoms with Crippen LogP contribution < -0.4 is 11.5 Å². The van der Waals surface area contributed by atoms with Gasteiger partial charge in [-0.05, 0) is 24.6 Å². The largest absolute Gasteiger partial charge is 0.507 e. The highest BCUT2D eigenvalue weighted by molar-refractivity contribution is 5.48. The fourth-order valence-electron chi connectivity index (χ4n) is 1.26. The first-order chi connectivity index (χ1) is 6.06. The molecule has 6 N–H and O–H groups in total. The molecule has 72 valence electrons. The molecule has 0 fully saturated rings. The van der Waals surface area contributed by atoms with Crippen LogP contribution in [0.3, 0.4) is 0 Å². The van der Waals surface area contributed by atoms with Gasteiger partial charge in [0.25, 0.3) is 0 Å². The molecule has 0 saturated heterocycles. The molecule has 0 aliphatic rings. The molecular formula is C9H14N2O2. The van der Waals surface area contributed by atoms with E-state index in [-0.39, 0.29) is 18.0 Å². The molecule has 0 aliphatic heterocycles. The number of aromatic hydroxyl groups is 2. The van der Waals surface area contributed by atoms with Gasteiger partial charge in [-0.15, -0.1) is 0 Å². The molecule has 1 rings (SSSR count). The molecule has 0 heterocycles. The minimum atomic E-state index is -0.527. The van der Waals surface area contributed by atoms with Crippen LogP contribution in [-0.2, 0) is 0 Å². The number of nitrogens with two attached hydrogens (primary N) is 2. The first-order valence-electron chi connectivity index (χ1n) is 4.04. The SMILES string of the molecule is Cc1cc(O)c(C(N)CN)c(O)c1. The zero-order chi connectivity index (χ0) is 10.0. The van der Waals surface area contributed by atoms with E-state index in [0.29, 0.717) is 5.56 Å². The maximum atomic E-state index is 9.48. The topological polar surface area (TPSA) is 92.5 Å². The molecule has 0 saturated carbocycles. The molecule has 4 heteroatoms. The number of rotatable bonds is 2. The maximum absolute atomic E-state index is 9.48. The second-order valence-corrected chi connectivity index (χ2v) is 3.06. The van der Waals surface area contributed by atoms with Crippen LogP contribution in [-0.4, -0.2) is 16.8 Å². The summed E-state index contributed by atoms with van der Waals surface area (Å²) in [4.78, 5) is 0. The summed E-state index contributed by atoms with van der Waals surface area (Å²) in [6.07, 6.45) is 0. The van der Waals surface area contributed by atoms with Crippen LogP contribution in [0.5, 0.6) is 11.5 Å². The summed E-state index contributed by atoms with van der Waals surface area (Å²) in [5, 5.41) is 19.0. The lowest BCUT2D eigenvalue weighted by molar-refractivity contribution is 0.428. The standard InChI is InChI=1S/C9H14N2O2/c1-5-2-7(12)9(6(11)4-10)8(13)3-5/h2-3,6,12-13H,4,10-11H2,1H3. The van der Waals surface area contributed by atoms with Crippen molar-refractivity contribution in [3.05, 3.63) is 23.3 Å². The zero-order valence-electron chi connectivity index (χ0n) is 7.49. The highest BCUT2D eigenvalue weighted by Crippen LogP contribution is 2.32. The lowest BCUT2D eigenvalue weighted by Crippen LogP contribution is -2.20. The van der Waals surface area contributed by atoms with Gasteiger partial charge in [0.1, 0.15) is 11.5 Å². The van der Waals surface area contributed by atoms with Crippen molar-refractivity contribution in [3.8, 4) is 11.5 Å². The molecule has 1 unspecified atom stereocenters. The van der Waals surface area contributed by atoms with Crippen LogP contribution >= 0.6 is 0 Å². The number of benzene rings is 1. The minimum Gasteiger partial charge on any atom is -0.507 e. The fourth-order valence-corrected chi connectivity index (χ4v) is 1.26. The van der Waals surface area contributed by atoms with E-state index in [9.17, 15) is 10.2 Å². The van der Waals surface area contributed by atoms with Crippen molar-refractivity contribution in [2.45, 2.75) is 13.0 Å². The summed E-state index contributed by atoms with van der Waals surface area (Å²) < 4.78 is 0. The first-order valence-corrected chi connectivity index (χ1v) is 4.04. The molecule has 1 aromatic carbocycles. The minimum absolute atomic E-state index is 0.00421. The van der Waals surface area contributed by atoms with Crippen LogP contribution in [0.25, 0.3) is 0 Å². The monoisotopic (exact) mass is 182 g/mol. The second-order valence-electron chi connectivity index (χ2n) is 3.06. The third kappa shape index (κ3) is 1.91. The lowest BCUT2D eigenvalue weighted by atomic mass is 10.0. The Balaban J connectivity index is 3.20. The summed E-state index contributed by atoms with van der Waals surface area (Å²) in [5.74, 6) is -0.00843. The van der Waals surface area contributed by atoms with Gasteiger partial charge in [-0.25, -0.2) is 0 Å². The van der Waals surface area contributed by atoms with E-state index in [2.05, 4.69) is 0 Å². The molecule has 0 aliphatic carbocycles. The summed E-state index contributed by atoms with van der Waals surface area (Å²) in [6, 6.07) is 2.57. The highest BCUT2D eigenvalue weighted by Gasteiger charge is 2.14. The van der Waals surface area contributed by atoms with Gasteiger partial charge in [0.05, 0.1) is 5.56 Å². The van der Waals surface area contributed by atoms with Crippen molar-refractivity contribution >= 4 is 0 Å². The van der Waals surface area contributed by atoms with Gasteiger partial charge in [-0.3, -0.25) is 0 Å². The van der Waals surface area contributed by atoms with Gasteiger partial charge >= 0.3 is 0 Å². The van der Waals surface area contributed by atoms with Gasteiger partial charge in [-0.2, -0.15) is 0 Å². The van der Waals surface area contributed by atoms with Crippen LogP contribution in [0.2, 0.25) is 0 Å². The van der Waals surface area contributed by atoms with E-state index >= 15 is 0 Å². The van der Waals surface area contributed by atoms with Gasteiger partial charge in [0.15, 0.2) is 0 Å². The zero-order valence-corrected chi connectivity index (χ0v) is 7.49. The van der Waals surface area contributed by atoms with Crippen LogP contribution in [0, 0.1) is 6.92 Å². The summed E-state index contributed by atoms with van der Waals surface area (Å²) >= 11 is 0. The Morgan fingerprint density at radius 3 is 2.15 bits per heavy atom. The predicted molar refractivity (Wildman–Crippen MR) is 50.5 cm³/mol. The van der Waals surface area contributed by atoms with Crippen LogP contribution in [0.1, 0.15) is 17.2 Å². The quantitative estimate of drug-likeness (QED) is 0.531. The van der Waals surface area contributed by atoms with Gasteiger partial charge < -0.3 is 21.7 Å². The van der Waals surface area contributed by atoms with Crippen molar-refractivity contribution in [1.82, 2.24) is 0 Å². The normalized spacial score (nSPS) is 12.8. The van der Waals surface area contributed by atoms with E-state index in [1.54, 1.807) is 19.1 Å². The number of phenols is 2. The summed E-state index contributed by atoms with van der Waals surface area (Å²) in [6.45, 7) is 1.96. The Kier molecular flexibility index (Phi) is 2.75. The van der Waals surface area contributed by atoms with Gasteiger partial charge in [0, 0.05) is 12.6 Å². The Bertz CT molecular complexity index is 289. The van der Waals surface area contributed by atoms with Crippen molar-refractivity contribution in [3.63, 3.8) is 0 Å². The molecule has 1 aromatic rings. The molecule has 1 atom stereocenters.